The summed E-state index contributed by atoms with van der Waals surface area (Å²) < 4.78 is 76.5. The van der Waals surface area contributed by atoms with E-state index in [1.165, 1.54) is 0 Å². The molecule has 1 N–H and O–H groups in total. The van der Waals surface area contributed by atoms with Crippen LogP contribution in [0.1, 0.15) is 16.8 Å². The molecule has 0 radical (unpaired) electrons. The van der Waals surface area contributed by atoms with Crippen molar-refractivity contribution in [2.45, 2.75) is 23.3 Å². The van der Waals surface area contributed by atoms with Crippen LogP contribution in [0.25, 0.3) is 0 Å². The van der Waals surface area contributed by atoms with Gasteiger partial charge in [-0.05, 0) is 5.56 Å². The highest BCUT2D eigenvalue weighted by molar-refractivity contribution is 7.98. The number of aromatic nitrogens is 3. The summed E-state index contributed by atoms with van der Waals surface area (Å²) in [5.74, 6) is -0.458. The van der Waals surface area contributed by atoms with E-state index in [1.54, 1.807) is 0 Å². The van der Waals surface area contributed by atoms with Gasteiger partial charge in [0.2, 0.25) is 0 Å². The van der Waals surface area contributed by atoms with Gasteiger partial charge in [0.25, 0.3) is 5.56 Å². The molecule has 12 heteroatoms. The SMILES string of the molecule is O=c1cc(C(F)(F)F)nc(SCc2c(Cl)cncc2C(F)(F)F)[nH]1. The Morgan fingerprint density at radius 3 is 2.38 bits per heavy atom. The lowest BCUT2D eigenvalue weighted by Gasteiger charge is -2.13. The molecular weight excluding hydrogens is 384 g/mol. The highest BCUT2D eigenvalue weighted by Gasteiger charge is 2.35. The van der Waals surface area contributed by atoms with Crippen molar-refractivity contribution in [2.24, 2.45) is 0 Å². The first-order valence-corrected chi connectivity index (χ1v) is 7.36. The van der Waals surface area contributed by atoms with Gasteiger partial charge in [0.15, 0.2) is 10.9 Å². The lowest BCUT2D eigenvalue weighted by atomic mass is 10.1. The molecule has 0 atom stereocenters. The van der Waals surface area contributed by atoms with Crippen molar-refractivity contribution in [3.63, 3.8) is 0 Å². The molecule has 0 aromatic carbocycles. The summed E-state index contributed by atoms with van der Waals surface area (Å²) in [6, 6.07) is 0.255. The zero-order chi connectivity index (χ0) is 18.1. The van der Waals surface area contributed by atoms with Gasteiger partial charge >= 0.3 is 12.4 Å². The zero-order valence-electron chi connectivity index (χ0n) is 11.3. The summed E-state index contributed by atoms with van der Waals surface area (Å²) in [5, 5.41) is -0.775. The highest BCUT2D eigenvalue weighted by atomic mass is 35.5. The third-order valence-electron chi connectivity index (χ3n) is 2.67. The van der Waals surface area contributed by atoms with E-state index < -0.39 is 40.1 Å². The molecule has 0 saturated heterocycles. The summed E-state index contributed by atoms with van der Waals surface area (Å²) in [4.78, 5) is 19.8. The molecule has 0 fully saturated rings. The number of H-pyrrole nitrogens is 1. The molecule has 0 amide bonds. The van der Waals surface area contributed by atoms with Crippen LogP contribution in [-0.4, -0.2) is 15.0 Å². The molecule has 2 rings (SSSR count). The summed E-state index contributed by atoms with van der Waals surface area (Å²) in [5.41, 5.74) is -4.00. The topological polar surface area (TPSA) is 58.6 Å². The lowest BCUT2D eigenvalue weighted by molar-refractivity contribution is -0.141. The number of hydrogen-bond donors (Lipinski definition) is 1. The molecule has 0 spiro atoms. The third-order valence-corrected chi connectivity index (χ3v) is 3.90. The van der Waals surface area contributed by atoms with E-state index >= 15 is 0 Å². The first-order chi connectivity index (χ1) is 11.0. The van der Waals surface area contributed by atoms with Crippen molar-refractivity contribution < 1.29 is 26.3 Å². The first kappa shape index (κ1) is 18.6. The van der Waals surface area contributed by atoms with Crippen LogP contribution in [0.5, 0.6) is 0 Å². The molecule has 4 nitrogen and oxygen atoms in total. The molecule has 0 unspecified atom stereocenters. The van der Waals surface area contributed by atoms with Crippen LogP contribution in [0.3, 0.4) is 0 Å². The van der Waals surface area contributed by atoms with Gasteiger partial charge in [-0.2, -0.15) is 26.3 Å². The minimum atomic E-state index is -4.85. The van der Waals surface area contributed by atoms with E-state index in [9.17, 15) is 31.1 Å². The van der Waals surface area contributed by atoms with Crippen molar-refractivity contribution in [1.82, 2.24) is 15.0 Å². The standard InChI is InChI=1S/C12H6ClF6N3OS/c13-7-3-20-2-6(11(14,15)16)5(7)4-24-10-21-8(12(17,18)19)1-9(23)22-10/h1-3H,4H2,(H,21,22,23). The molecule has 0 aliphatic carbocycles. The van der Waals surface area contributed by atoms with Gasteiger partial charge in [-0.1, -0.05) is 23.4 Å². The predicted octanol–water partition coefficient (Wildman–Crippen LogP) is 4.15. The zero-order valence-corrected chi connectivity index (χ0v) is 12.9. The smallest absolute Gasteiger partial charge is 0.301 e. The molecule has 2 aromatic rings. The number of nitrogens with one attached hydrogen (secondary N) is 1. The molecule has 24 heavy (non-hydrogen) atoms. The van der Waals surface area contributed by atoms with Gasteiger partial charge in [0.1, 0.15) is 0 Å². The molecule has 130 valence electrons. The first-order valence-electron chi connectivity index (χ1n) is 5.99. The number of halogens is 7. The summed E-state index contributed by atoms with van der Waals surface area (Å²) >= 11 is 6.17. The Hall–Kier alpha value is -1.75. The second-order valence-corrected chi connectivity index (χ2v) is 5.74. The predicted molar refractivity (Wildman–Crippen MR) is 73.7 cm³/mol. The Kier molecular flexibility index (Phi) is 5.14. The van der Waals surface area contributed by atoms with Crippen LogP contribution in [0, 0.1) is 0 Å². The van der Waals surface area contributed by atoms with Gasteiger partial charge in [0.05, 0.1) is 10.6 Å². The number of alkyl halides is 6. The van der Waals surface area contributed by atoms with E-state index in [1.807, 2.05) is 4.98 Å². The molecule has 0 bridgehead atoms. The molecule has 0 aliphatic rings. The normalized spacial score (nSPS) is 12.5. The van der Waals surface area contributed by atoms with Crippen LogP contribution >= 0.6 is 23.4 Å². The van der Waals surface area contributed by atoms with E-state index in [4.69, 9.17) is 11.6 Å². The van der Waals surface area contributed by atoms with E-state index in [2.05, 4.69) is 9.97 Å². The number of hydrogen-bond acceptors (Lipinski definition) is 4. The maximum atomic E-state index is 12.9. The van der Waals surface area contributed by atoms with Crippen molar-refractivity contribution in [3.05, 3.63) is 50.7 Å². The summed E-state index contributed by atoms with van der Waals surface area (Å²) in [7, 11) is 0. The second-order valence-electron chi connectivity index (χ2n) is 4.37. The van der Waals surface area contributed by atoms with Crippen molar-refractivity contribution >= 4 is 23.4 Å². The molecule has 0 aliphatic heterocycles. The van der Waals surface area contributed by atoms with Crippen LogP contribution in [0.15, 0.2) is 28.4 Å². The maximum absolute atomic E-state index is 12.9. The Morgan fingerprint density at radius 2 is 1.79 bits per heavy atom. The Labute approximate surface area is 139 Å². The fourth-order valence-corrected chi connectivity index (χ4v) is 2.87. The molecular formula is C12H6ClF6N3OS. The Bertz CT molecular complexity index is 805. The van der Waals surface area contributed by atoms with Gasteiger partial charge in [-0.15, -0.1) is 0 Å². The molecule has 0 saturated carbocycles. The van der Waals surface area contributed by atoms with Crippen LogP contribution in [-0.2, 0) is 18.1 Å². The minimum Gasteiger partial charge on any atom is -0.301 e. The van der Waals surface area contributed by atoms with Crippen molar-refractivity contribution in [2.75, 3.05) is 0 Å². The van der Waals surface area contributed by atoms with Crippen LogP contribution < -0.4 is 5.56 Å². The maximum Gasteiger partial charge on any atom is 0.433 e. The summed E-state index contributed by atoms with van der Waals surface area (Å²) in [6.45, 7) is 0. The van der Waals surface area contributed by atoms with Crippen molar-refractivity contribution in [1.29, 1.82) is 0 Å². The van der Waals surface area contributed by atoms with Crippen LogP contribution in [0.2, 0.25) is 5.02 Å². The average molecular weight is 390 g/mol. The molecule has 2 aromatic heterocycles. The van der Waals surface area contributed by atoms with Gasteiger partial charge in [-0.25, -0.2) is 4.98 Å². The van der Waals surface area contributed by atoms with Gasteiger partial charge in [0, 0.05) is 24.2 Å². The number of pyridine rings is 1. The van der Waals surface area contributed by atoms with Gasteiger partial charge in [-0.3, -0.25) is 9.78 Å². The second kappa shape index (κ2) is 6.63. The fourth-order valence-electron chi connectivity index (χ4n) is 1.64. The van der Waals surface area contributed by atoms with Gasteiger partial charge < -0.3 is 4.98 Å². The Morgan fingerprint density at radius 1 is 1.12 bits per heavy atom. The quantitative estimate of drug-likeness (QED) is 0.487. The average Bonchev–Trinajstić information content (AvgIpc) is 2.43. The minimum absolute atomic E-state index is 0.255. The van der Waals surface area contributed by atoms with E-state index in [0.29, 0.717) is 18.0 Å². The fraction of sp³-hybridized carbons (Fsp3) is 0.250. The molecule has 2 heterocycles. The van der Waals surface area contributed by atoms with E-state index in [-0.39, 0.29) is 16.7 Å². The number of rotatable bonds is 3. The number of nitrogens with zero attached hydrogens (tertiary/aromatic N) is 2. The Balaban J connectivity index is 2.33. The number of aromatic amines is 1. The van der Waals surface area contributed by atoms with Crippen LogP contribution in [0.4, 0.5) is 26.3 Å². The largest absolute Gasteiger partial charge is 0.433 e. The highest BCUT2D eigenvalue weighted by Crippen LogP contribution is 2.37. The number of thioether (sulfide) groups is 1. The summed E-state index contributed by atoms with van der Waals surface area (Å²) in [6.07, 6.45) is -8.05. The van der Waals surface area contributed by atoms with Crippen molar-refractivity contribution in [3.8, 4) is 0 Å². The van der Waals surface area contributed by atoms with E-state index in [0.717, 1.165) is 6.20 Å². The third kappa shape index (κ3) is 4.41. The lowest BCUT2D eigenvalue weighted by Crippen LogP contribution is -2.17. The monoisotopic (exact) mass is 389 g/mol.